The number of aryl methyl sites for hydroxylation is 1. The number of benzene rings is 2. The molecule has 0 aliphatic heterocycles. The molecule has 1 unspecified atom stereocenters. The van der Waals surface area contributed by atoms with E-state index in [1.165, 1.54) is 19.2 Å². The highest BCUT2D eigenvalue weighted by molar-refractivity contribution is 9.10. The Kier molecular flexibility index (Phi) is 5.83. The zero-order valence-electron chi connectivity index (χ0n) is 13.3. The molecule has 24 heavy (non-hydrogen) atoms. The number of carbonyl (C=O) groups is 1. The molecule has 0 aliphatic carbocycles. The molecule has 5 nitrogen and oxygen atoms in total. The first-order valence-corrected chi connectivity index (χ1v) is 8.15. The maximum absolute atomic E-state index is 12.4. The van der Waals surface area contributed by atoms with Crippen molar-refractivity contribution in [1.29, 1.82) is 5.26 Å². The van der Waals surface area contributed by atoms with Gasteiger partial charge in [0.05, 0.1) is 17.7 Å². The monoisotopic (exact) mass is 388 g/mol. The van der Waals surface area contributed by atoms with E-state index in [-0.39, 0.29) is 17.1 Å². The smallest absolute Gasteiger partial charge is 0.252 e. The number of carbonyl (C=O) groups excluding carboxylic acids is 1. The predicted molar refractivity (Wildman–Crippen MR) is 94.0 cm³/mol. The number of nitriles is 1. The third kappa shape index (κ3) is 3.87. The summed E-state index contributed by atoms with van der Waals surface area (Å²) in [5, 5.41) is 21.8. The lowest BCUT2D eigenvalue weighted by atomic mass is 10.0. The average Bonchev–Trinajstić information content (AvgIpc) is 2.61. The van der Waals surface area contributed by atoms with Gasteiger partial charge in [-0.3, -0.25) is 4.79 Å². The first kappa shape index (κ1) is 17.8. The summed E-state index contributed by atoms with van der Waals surface area (Å²) in [6.45, 7) is 2.05. The molecule has 0 aromatic heterocycles. The molecule has 0 bridgehead atoms. The van der Waals surface area contributed by atoms with E-state index >= 15 is 0 Å². The molecule has 2 N–H and O–H groups in total. The number of aromatic hydroxyl groups is 1. The van der Waals surface area contributed by atoms with Crippen LogP contribution >= 0.6 is 15.9 Å². The summed E-state index contributed by atoms with van der Waals surface area (Å²) in [6, 6.07) is 11.8. The third-order valence-electron chi connectivity index (χ3n) is 3.64. The van der Waals surface area contributed by atoms with Gasteiger partial charge in [-0.15, -0.1) is 0 Å². The SMILES string of the molecule is CCc1ccc(C(C#N)NC(=O)c2cc(Br)c(O)c(OC)c2)cc1. The Labute approximate surface area is 149 Å². The van der Waals surface area contributed by atoms with Crippen molar-refractivity contribution in [1.82, 2.24) is 5.32 Å². The van der Waals surface area contributed by atoms with Crippen molar-refractivity contribution in [2.24, 2.45) is 0 Å². The lowest BCUT2D eigenvalue weighted by molar-refractivity contribution is 0.0944. The molecule has 124 valence electrons. The van der Waals surface area contributed by atoms with Gasteiger partial charge in [-0.2, -0.15) is 5.26 Å². The minimum Gasteiger partial charge on any atom is -0.503 e. The van der Waals surface area contributed by atoms with Gasteiger partial charge < -0.3 is 15.2 Å². The Balaban J connectivity index is 2.23. The fraction of sp³-hybridized carbons (Fsp3) is 0.222. The lowest BCUT2D eigenvalue weighted by Gasteiger charge is -2.14. The zero-order chi connectivity index (χ0) is 17.7. The summed E-state index contributed by atoms with van der Waals surface area (Å²) in [5.74, 6) is -0.337. The van der Waals surface area contributed by atoms with Gasteiger partial charge in [0.2, 0.25) is 0 Å². The number of methoxy groups -OCH3 is 1. The fourth-order valence-corrected chi connectivity index (χ4v) is 2.65. The van der Waals surface area contributed by atoms with E-state index in [2.05, 4.69) is 34.2 Å². The Hall–Kier alpha value is -2.52. The van der Waals surface area contributed by atoms with E-state index in [0.717, 1.165) is 12.0 Å². The van der Waals surface area contributed by atoms with Crippen molar-refractivity contribution in [2.75, 3.05) is 7.11 Å². The van der Waals surface area contributed by atoms with Crippen LogP contribution in [-0.4, -0.2) is 18.1 Å². The van der Waals surface area contributed by atoms with E-state index in [1.54, 1.807) is 0 Å². The molecule has 1 atom stereocenters. The lowest BCUT2D eigenvalue weighted by Crippen LogP contribution is -2.27. The number of hydrogen-bond acceptors (Lipinski definition) is 4. The Morgan fingerprint density at radius 3 is 2.58 bits per heavy atom. The number of hydrogen-bond donors (Lipinski definition) is 2. The summed E-state index contributed by atoms with van der Waals surface area (Å²) in [7, 11) is 1.40. The van der Waals surface area contributed by atoms with Crippen LogP contribution in [0.15, 0.2) is 40.9 Å². The maximum Gasteiger partial charge on any atom is 0.252 e. The van der Waals surface area contributed by atoms with Crippen LogP contribution < -0.4 is 10.1 Å². The number of halogens is 1. The summed E-state index contributed by atoms with van der Waals surface area (Å²) >= 11 is 3.18. The molecule has 0 heterocycles. The second-order valence-corrected chi connectivity index (χ2v) is 5.99. The Bertz CT molecular complexity index is 782. The molecule has 2 aromatic carbocycles. The van der Waals surface area contributed by atoms with Gasteiger partial charge in [-0.05, 0) is 45.6 Å². The van der Waals surface area contributed by atoms with Crippen LogP contribution in [0.2, 0.25) is 0 Å². The van der Waals surface area contributed by atoms with Crippen molar-refractivity contribution in [2.45, 2.75) is 19.4 Å². The number of nitrogens with zero attached hydrogens (tertiary/aromatic N) is 1. The molecular formula is C18H17BrN2O3. The minimum absolute atomic E-state index is 0.0824. The second-order valence-electron chi connectivity index (χ2n) is 5.14. The fourth-order valence-electron chi connectivity index (χ4n) is 2.21. The van der Waals surface area contributed by atoms with Gasteiger partial charge in [-0.25, -0.2) is 0 Å². The van der Waals surface area contributed by atoms with Crippen LogP contribution in [0, 0.1) is 11.3 Å². The van der Waals surface area contributed by atoms with E-state index in [1.807, 2.05) is 24.3 Å². The molecule has 0 spiro atoms. The first-order valence-electron chi connectivity index (χ1n) is 7.36. The van der Waals surface area contributed by atoms with Gasteiger partial charge >= 0.3 is 0 Å². The molecule has 0 saturated heterocycles. The van der Waals surface area contributed by atoms with Crippen LogP contribution in [-0.2, 0) is 6.42 Å². The average molecular weight is 389 g/mol. The van der Waals surface area contributed by atoms with Crippen LogP contribution in [0.4, 0.5) is 0 Å². The van der Waals surface area contributed by atoms with Crippen molar-refractivity contribution in [3.8, 4) is 17.6 Å². The molecule has 0 fully saturated rings. The predicted octanol–water partition coefficient (Wildman–Crippen LogP) is 3.72. The van der Waals surface area contributed by atoms with Crippen LogP contribution in [0.5, 0.6) is 11.5 Å². The minimum atomic E-state index is -0.762. The standard InChI is InChI=1S/C18H17BrN2O3/c1-3-11-4-6-12(7-5-11)15(10-20)21-18(23)13-8-14(19)17(22)16(9-13)24-2/h4-9,15,22H,3H2,1-2H3,(H,21,23). The van der Waals surface area contributed by atoms with E-state index in [9.17, 15) is 15.2 Å². The van der Waals surface area contributed by atoms with E-state index in [0.29, 0.717) is 10.0 Å². The second kappa shape index (κ2) is 7.84. The molecule has 6 heteroatoms. The highest BCUT2D eigenvalue weighted by atomic mass is 79.9. The number of nitrogens with one attached hydrogen (secondary N) is 1. The van der Waals surface area contributed by atoms with Crippen molar-refractivity contribution >= 4 is 21.8 Å². The third-order valence-corrected chi connectivity index (χ3v) is 4.24. The quantitative estimate of drug-likeness (QED) is 0.817. The van der Waals surface area contributed by atoms with Crippen LogP contribution in [0.25, 0.3) is 0 Å². The highest BCUT2D eigenvalue weighted by Crippen LogP contribution is 2.35. The molecule has 2 aromatic rings. The van der Waals surface area contributed by atoms with Crippen LogP contribution in [0.1, 0.15) is 34.5 Å². The van der Waals surface area contributed by atoms with Gasteiger partial charge in [0.25, 0.3) is 5.91 Å². The first-order chi connectivity index (χ1) is 11.5. The number of rotatable bonds is 5. The van der Waals surface area contributed by atoms with Crippen molar-refractivity contribution in [3.05, 3.63) is 57.6 Å². The molecule has 0 aliphatic rings. The Morgan fingerprint density at radius 1 is 1.38 bits per heavy atom. The number of amides is 1. The highest BCUT2D eigenvalue weighted by Gasteiger charge is 2.18. The van der Waals surface area contributed by atoms with Crippen molar-refractivity contribution < 1.29 is 14.6 Å². The van der Waals surface area contributed by atoms with Gasteiger partial charge in [0, 0.05) is 5.56 Å². The Morgan fingerprint density at radius 2 is 2.04 bits per heavy atom. The normalized spacial score (nSPS) is 11.4. The maximum atomic E-state index is 12.4. The largest absolute Gasteiger partial charge is 0.503 e. The summed E-state index contributed by atoms with van der Waals surface area (Å²) in [6.07, 6.45) is 0.908. The zero-order valence-corrected chi connectivity index (χ0v) is 14.9. The molecule has 2 rings (SSSR count). The number of phenolic OH excluding ortho intramolecular Hbond substituents is 1. The van der Waals surface area contributed by atoms with E-state index < -0.39 is 11.9 Å². The summed E-state index contributed by atoms with van der Waals surface area (Å²) in [5.41, 5.74) is 2.16. The van der Waals surface area contributed by atoms with Crippen molar-refractivity contribution in [3.63, 3.8) is 0 Å². The summed E-state index contributed by atoms with van der Waals surface area (Å²) < 4.78 is 5.37. The summed E-state index contributed by atoms with van der Waals surface area (Å²) in [4.78, 5) is 12.4. The molecule has 0 radical (unpaired) electrons. The van der Waals surface area contributed by atoms with Crippen LogP contribution in [0.3, 0.4) is 0 Å². The molecular weight excluding hydrogens is 372 g/mol. The van der Waals surface area contributed by atoms with Gasteiger partial charge in [0.15, 0.2) is 11.5 Å². The van der Waals surface area contributed by atoms with Gasteiger partial charge in [0.1, 0.15) is 6.04 Å². The number of phenols is 1. The molecule has 0 saturated carbocycles. The van der Waals surface area contributed by atoms with Gasteiger partial charge in [-0.1, -0.05) is 31.2 Å². The topological polar surface area (TPSA) is 82.4 Å². The molecule has 1 amide bonds. The number of ether oxygens (including phenoxy) is 1. The van der Waals surface area contributed by atoms with E-state index in [4.69, 9.17) is 4.74 Å².